The summed E-state index contributed by atoms with van der Waals surface area (Å²) in [5.41, 5.74) is 5.50. The van der Waals surface area contributed by atoms with Crippen molar-refractivity contribution in [3.63, 3.8) is 0 Å². The van der Waals surface area contributed by atoms with Gasteiger partial charge in [-0.1, -0.05) is 24.2 Å². The van der Waals surface area contributed by atoms with Crippen LogP contribution in [0, 0.1) is 0 Å². The lowest BCUT2D eigenvalue weighted by atomic mass is 10.0. The molecule has 1 aromatic heterocycles. The largest absolute Gasteiger partial charge is 0.485 e. The van der Waals surface area contributed by atoms with Crippen molar-refractivity contribution in [3.8, 4) is 11.5 Å². The molecule has 0 amide bonds. The molecule has 0 fully saturated rings. The highest BCUT2D eigenvalue weighted by Crippen LogP contribution is 2.35. The van der Waals surface area contributed by atoms with Crippen molar-refractivity contribution < 1.29 is 14.0 Å². The van der Waals surface area contributed by atoms with Crippen molar-refractivity contribution in [1.29, 1.82) is 0 Å². The number of fused-ring (bicyclic) bond motifs is 1. The summed E-state index contributed by atoms with van der Waals surface area (Å²) in [6.45, 7) is 4.19. The Morgan fingerprint density at radius 2 is 2.10 bits per heavy atom. The first-order valence-corrected chi connectivity index (χ1v) is 6.61. The molecule has 2 N–H and O–H groups in total. The van der Waals surface area contributed by atoms with Gasteiger partial charge in [0.1, 0.15) is 6.61 Å². The van der Waals surface area contributed by atoms with Crippen molar-refractivity contribution in [2.45, 2.75) is 31.9 Å². The van der Waals surface area contributed by atoms with Crippen LogP contribution >= 0.6 is 0 Å². The van der Waals surface area contributed by atoms with Crippen molar-refractivity contribution in [3.05, 3.63) is 36.0 Å². The molecule has 1 aromatic carbocycles. The first-order valence-electron chi connectivity index (χ1n) is 6.61. The highest BCUT2D eigenvalue weighted by Gasteiger charge is 2.31. The number of aromatic nitrogens is 2. The topological polar surface area (TPSA) is 83.4 Å². The predicted molar refractivity (Wildman–Crippen MR) is 71.4 cm³/mol. The summed E-state index contributed by atoms with van der Waals surface area (Å²) < 4.78 is 16.7. The molecule has 0 spiro atoms. The summed E-state index contributed by atoms with van der Waals surface area (Å²) in [6.07, 6.45) is 0.315. The minimum atomic E-state index is -0.602. The van der Waals surface area contributed by atoms with Gasteiger partial charge in [0, 0.05) is 0 Å². The third-order valence-electron chi connectivity index (χ3n) is 3.47. The third kappa shape index (κ3) is 2.22. The summed E-state index contributed by atoms with van der Waals surface area (Å²) in [6, 6.07) is 7.49. The number of para-hydroxylation sites is 2. The van der Waals surface area contributed by atoms with E-state index >= 15 is 0 Å². The highest BCUT2D eigenvalue weighted by molar-refractivity contribution is 5.40. The molecule has 2 unspecified atom stereocenters. The molecule has 106 valence electrons. The van der Waals surface area contributed by atoms with Gasteiger partial charge in [-0.25, -0.2) is 0 Å². The molecular weight excluding hydrogens is 258 g/mol. The van der Waals surface area contributed by atoms with Gasteiger partial charge in [0.05, 0.1) is 5.54 Å². The number of ether oxygens (including phenoxy) is 2. The number of rotatable bonds is 3. The Hall–Kier alpha value is -2.08. The Balaban J connectivity index is 1.82. The van der Waals surface area contributed by atoms with Crippen LogP contribution in [0.4, 0.5) is 0 Å². The van der Waals surface area contributed by atoms with Crippen molar-refractivity contribution >= 4 is 0 Å². The lowest BCUT2D eigenvalue weighted by molar-refractivity contribution is 0.0665. The molecule has 2 heterocycles. The number of benzene rings is 1. The van der Waals surface area contributed by atoms with E-state index in [1.165, 1.54) is 0 Å². The number of hydrogen-bond donors (Lipinski definition) is 1. The fraction of sp³-hybridized carbons (Fsp3) is 0.429. The fourth-order valence-corrected chi connectivity index (χ4v) is 1.90. The molecule has 1 aliphatic rings. The van der Waals surface area contributed by atoms with Crippen LogP contribution in [0.1, 0.15) is 38.1 Å². The maximum Gasteiger partial charge on any atom is 0.271 e. The predicted octanol–water partition coefficient (Wildman–Crippen LogP) is 2.17. The molecule has 0 bridgehead atoms. The molecule has 3 rings (SSSR count). The normalized spacial score (nSPS) is 20.4. The van der Waals surface area contributed by atoms with Gasteiger partial charge in [-0.05, 0) is 25.5 Å². The van der Waals surface area contributed by atoms with E-state index in [2.05, 4.69) is 10.1 Å². The van der Waals surface area contributed by atoms with Crippen molar-refractivity contribution in [2.75, 3.05) is 6.61 Å². The highest BCUT2D eigenvalue weighted by atomic mass is 16.6. The third-order valence-corrected chi connectivity index (χ3v) is 3.47. The van der Waals surface area contributed by atoms with E-state index in [4.69, 9.17) is 19.7 Å². The van der Waals surface area contributed by atoms with E-state index in [0.29, 0.717) is 24.1 Å². The molecule has 1 aliphatic heterocycles. The summed E-state index contributed by atoms with van der Waals surface area (Å²) in [5.74, 6) is 2.27. The van der Waals surface area contributed by atoms with E-state index < -0.39 is 11.6 Å². The average Bonchev–Trinajstić information content (AvgIpc) is 2.97. The zero-order valence-corrected chi connectivity index (χ0v) is 11.5. The van der Waals surface area contributed by atoms with E-state index in [9.17, 15) is 0 Å². The standard InChI is InChI=1S/C14H17N3O3/c1-3-14(2,15)13-16-12(20-17-13)11-8-18-9-6-4-5-7-10(9)19-11/h4-7,11H,3,8,15H2,1-2H3. The second-order valence-electron chi connectivity index (χ2n) is 5.09. The monoisotopic (exact) mass is 275 g/mol. The van der Waals surface area contributed by atoms with Crippen molar-refractivity contribution in [1.82, 2.24) is 10.1 Å². The summed E-state index contributed by atoms with van der Waals surface area (Å²) >= 11 is 0. The summed E-state index contributed by atoms with van der Waals surface area (Å²) in [4.78, 5) is 4.34. The molecule has 2 aromatic rings. The number of nitrogens with zero attached hydrogens (tertiary/aromatic N) is 2. The number of hydrogen-bond acceptors (Lipinski definition) is 6. The minimum absolute atomic E-state index is 0.339. The van der Waals surface area contributed by atoms with Gasteiger partial charge >= 0.3 is 0 Å². The van der Waals surface area contributed by atoms with Gasteiger partial charge in [-0.2, -0.15) is 4.98 Å². The van der Waals surface area contributed by atoms with Crippen LogP contribution in [0.3, 0.4) is 0 Å². The summed E-state index contributed by atoms with van der Waals surface area (Å²) in [7, 11) is 0. The van der Waals surface area contributed by atoms with Crippen LogP contribution in [0.25, 0.3) is 0 Å². The van der Waals surface area contributed by atoms with E-state index in [-0.39, 0.29) is 0 Å². The molecule has 2 atom stereocenters. The van der Waals surface area contributed by atoms with Crippen LogP contribution in [-0.4, -0.2) is 16.7 Å². The number of nitrogens with two attached hydrogens (primary N) is 1. The van der Waals surface area contributed by atoms with Crippen LogP contribution in [0.15, 0.2) is 28.8 Å². The zero-order valence-electron chi connectivity index (χ0n) is 11.5. The molecule has 0 saturated carbocycles. The lowest BCUT2D eigenvalue weighted by Gasteiger charge is -2.23. The van der Waals surface area contributed by atoms with Gasteiger partial charge in [0.2, 0.25) is 6.10 Å². The Kier molecular flexibility index (Phi) is 3.10. The molecule has 20 heavy (non-hydrogen) atoms. The molecule has 0 aliphatic carbocycles. The zero-order chi connectivity index (χ0) is 14.2. The lowest BCUT2D eigenvalue weighted by Crippen LogP contribution is -2.33. The average molecular weight is 275 g/mol. The SMILES string of the molecule is CCC(C)(N)c1noc(C2COc3ccccc3O2)n1. The first-order chi connectivity index (χ1) is 9.60. The van der Waals surface area contributed by atoms with Gasteiger partial charge in [0.15, 0.2) is 17.3 Å². The Morgan fingerprint density at radius 1 is 1.35 bits per heavy atom. The molecule has 6 heteroatoms. The second-order valence-corrected chi connectivity index (χ2v) is 5.09. The van der Waals surface area contributed by atoms with Gasteiger partial charge in [-0.3, -0.25) is 0 Å². The van der Waals surface area contributed by atoms with E-state index in [1.807, 2.05) is 38.1 Å². The fourth-order valence-electron chi connectivity index (χ4n) is 1.90. The summed E-state index contributed by atoms with van der Waals surface area (Å²) in [5, 5.41) is 3.94. The molecule has 6 nitrogen and oxygen atoms in total. The maximum atomic E-state index is 6.10. The maximum absolute atomic E-state index is 6.10. The molecule has 0 saturated heterocycles. The van der Waals surface area contributed by atoms with Crippen molar-refractivity contribution in [2.24, 2.45) is 5.73 Å². The van der Waals surface area contributed by atoms with Crippen LogP contribution in [0.2, 0.25) is 0 Å². The van der Waals surface area contributed by atoms with Gasteiger partial charge in [0.25, 0.3) is 5.89 Å². The second kappa shape index (κ2) is 4.79. The molecular formula is C14H17N3O3. The van der Waals surface area contributed by atoms with Gasteiger partial charge < -0.3 is 19.7 Å². The Morgan fingerprint density at radius 3 is 2.85 bits per heavy atom. The van der Waals surface area contributed by atoms with Crippen LogP contribution in [0.5, 0.6) is 11.5 Å². The van der Waals surface area contributed by atoms with Crippen LogP contribution < -0.4 is 15.2 Å². The Bertz CT molecular complexity index is 609. The Labute approximate surface area is 116 Å². The van der Waals surface area contributed by atoms with E-state index in [0.717, 1.165) is 12.2 Å². The quantitative estimate of drug-likeness (QED) is 0.924. The molecule has 0 radical (unpaired) electrons. The smallest absolute Gasteiger partial charge is 0.271 e. The first kappa shape index (κ1) is 12.9. The minimum Gasteiger partial charge on any atom is -0.485 e. The van der Waals surface area contributed by atoms with E-state index in [1.54, 1.807) is 0 Å². The van der Waals surface area contributed by atoms with Gasteiger partial charge in [-0.15, -0.1) is 0 Å². The van der Waals surface area contributed by atoms with Crippen LogP contribution in [-0.2, 0) is 5.54 Å².